The number of nitrogens with one attached hydrogen (secondary N) is 1. The number of carbonyl (C=O) groups excluding carboxylic acids is 1. The molecule has 0 aromatic heterocycles. The second kappa shape index (κ2) is 6.03. The Labute approximate surface area is 117 Å². The van der Waals surface area contributed by atoms with Gasteiger partial charge in [0.1, 0.15) is 5.82 Å². The van der Waals surface area contributed by atoms with Gasteiger partial charge in [0.15, 0.2) is 0 Å². The molecule has 1 aliphatic rings. The molecule has 1 aromatic carbocycles. The zero-order valence-corrected chi connectivity index (χ0v) is 11.4. The van der Waals surface area contributed by atoms with Crippen molar-refractivity contribution in [2.75, 3.05) is 6.54 Å². The standard InChI is InChI=1S/C15H18FNO3/c1-9-8-11(16)3-2-10(9)6-7-17-14(18)12-4-5-13(12)15(19)20/h2-3,8,12-13H,4-7H2,1H3,(H,17,18)(H,19,20). The molecule has 1 aromatic rings. The number of amides is 1. The van der Waals surface area contributed by atoms with Crippen molar-refractivity contribution in [1.29, 1.82) is 0 Å². The van der Waals surface area contributed by atoms with E-state index in [0.717, 1.165) is 11.1 Å². The summed E-state index contributed by atoms with van der Waals surface area (Å²) in [6.45, 7) is 2.26. The van der Waals surface area contributed by atoms with Crippen LogP contribution in [-0.2, 0) is 16.0 Å². The van der Waals surface area contributed by atoms with E-state index in [9.17, 15) is 14.0 Å². The van der Waals surface area contributed by atoms with Gasteiger partial charge in [-0.3, -0.25) is 9.59 Å². The number of aliphatic carboxylic acids is 1. The van der Waals surface area contributed by atoms with Crippen LogP contribution in [0.25, 0.3) is 0 Å². The van der Waals surface area contributed by atoms with E-state index in [4.69, 9.17) is 5.11 Å². The summed E-state index contributed by atoms with van der Waals surface area (Å²) < 4.78 is 13.0. The monoisotopic (exact) mass is 279 g/mol. The van der Waals surface area contributed by atoms with Gasteiger partial charge in [0, 0.05) is 6.54 Å². The Kier molecular flexibility index (Phi) is 4.37. The van der Waals surface area contributed by atoms with Gasteiger partial charge < -0.3 is 10.4 Å². The number of carbonyl (C=O) groups is 2. The smallest absolute Gasteiger partial charge is 0.307 e. The van der Waals surface area contributed by atoms with Crippen molar-refractivity contribution >= 4 is 11.9 Å². The quantitative estimate of drug-likeness (QED) is 0.865. The van der Waals surface area contributed by atoms with Crippen LogP contribution in [-0.4, -0.2) is 23.5 Å². The Hall–Kier alpha value is -1.91. The third kappa shape index (κ3) is 3.15. The largest absolute Gasteiger partial charge is 0.481 e. The van der Waals surface area contributed by atoms with E-state index in [1.165, 1.54) is 12.1 Å². The molecular formula is C15H18FNO3. The molecule has 1 aliphatic carbocycles. The summed E-state index contributed by atoms with van der Waals surface area (Å²) in [5.41, 5.74) is 1.83. The average Bonchev–Trinajstić information content (AvgIpc) is 2.29. The van der Waals surface area contributed by atoms with Crippen molar-refractivity contribution < 1.29 is 19.1 Å². The van der Waals surface area contributed by atoms with Gasteiger partial charge in [-0.15, -0.1) is 0 Å². The van der Waals surface area contributed by atoms with Crippen molar-refractivity contribution in [3.63, 3.8) is 0 Å². The van der Waals surface area contributed by atoms with Crippen LogP contribution in [0, 0.1) is 24.6 Å². The minimum Gasteiger partial charge on any atom is -0.481 e. The number of halogens is 1. The summed E-state index contributed by atoms with van der Waals surface area (Å²) in [6, 6.07) is 4.57. The molecule has 5 heteroatoms. The minimum atomic E-state index is -0.897. The first-order valence-corrected chi connectivity index (χ1v) is 6.74. The molecule has 108 valence electrons. The number of aryl methyl sites for hydroxylation is 1. The molecule has 0 spiro atoms. The maximum absolute atomic E-state index is 13.0. The molecule has 1 fully saturated rings. The van der Waals surface area contributed by atoms with Gasteiger partial charge in [-0.1, -0.05) is 6.07 Å². The van der Waals surface area contributed by atoms with E-state index >= 15 is 0 Å². The fraction of sp³-hybridized carbons (Fsp3) is 0.467. The van der Waals surface area contributed by atoms with Crippen LogP contribution >= 0.6 is 0 Å². The summed E-state index contributed by atoms with van der Waals surface area (Å²) >= 11 is 0. The number of rotatable bonds is 5. The molecular weight excluding hydrogens is 261 g/mol. The van der Waals surface area contributed by atoms with Gasteiger partial charge >= 0.3 is 5.97 Å². The molecule has 0 aliphatic heterocycles. The molecule has 2 N–H and O–H groups in total. The van der Waals surface area contributed by atoms with E-state index in [2.05, 4.69) is 5.32 Å². The summed E-state index contributed by atoms with van der Waals surface area (Å²) in [4.78, 5) is 22.7. The van der Waals surface area contributed by atoms with E-state index < -0.39 is 17.8 Å². The fourth-order valence-electron chi connectivity index (χ4n) is 2.50. The normalized spacial score (nSPS) is 21.1. The van der Waals surface area contributed by atoms with Gasteiger partial charge in [0.05, 0.1) is 11.8 Å². The van der Waals surface area contributed by atoms with Crippen LogP contribution in [0.1, 0.15) is 24.0 Å². The lowest BCUT2D eigenvalue weighted by molar-refractivity contribution is -0.152. The summed E-state index contributed by atoms with van der Waals surface area (Å²) in [5, 5.41) is 11.7. The third-order valence-electron chi connectivity index (χ3n) is 3.93. The summed E-state index contributed by atoms with van der Waals surface area (Å²) in [7, 11) is 0. The third-order valence-corrected chi connectivity index (χ3v) is 3.93. The molecule has 20 heavy (non-hydrogen) atoms. The Bertz CT molecular complexity index is 530. The van der Waals surface area contributed by atoms with Crippen LogP contribution in [0.4, 0.5) is 4.39 Å². The van der Waals surface area contributed by atoms with Crippen molar-refractivity contribution in [3.8, 4) is 0 Å². The Balaban J connectivity index is 1.81. The van der Waals surface area contributed by atoms with Crippen LogP contribution < -0.4 is 5.32 Å². The Morgan fingerprint density at radius 3 is 2.60 bits per heavy atom. The predicted molar refractivity (Wildman–Crippen MR) is 71.7 cm³/mol. The van der Waals surface area contributed by atoms with Crippen molar-refractivity contribution in [3.05, 3.63) is 35.1 Å². The van der Waals surface area contributed by atoms with Gasteiger partial charge in [-0.2, -0.15) is 0 Å². The van der Waals surface area contributed by atoms with Crippen LogP contribution in [0.5, 0.6) is 0 Å². The molecule has 2 rings (SSSR count). The summed E-state index contributed by atoms with van der Waals surface area (Å²) in [6.07, 6.45) is 1.82. The zero-order chi connectivity index (χ0) is 14.7. The van der Waals surface area contributed by atoms with Crippen LogP contribution in [0.2, 0.25) is 0 Å². The van der Waals surface area contributed by atoms with Gasteiger partial charge in [0.2, 0.25) is 5.91 Å². The van der Waals surface area contributed by atoms with Crippen molar-refractivity contribution in [2.45, 2.75) is 26.2 Å². The van der Waals surface area contributed by atoms with E-state index in [-0.39, 0.29) is 11.7 Å². The Morgan fingerprint density at radius 1 is 1.35 bits per heavy atom. The number of hydrogen-bond acceptors (Lipinski definition) is 2. The highest BCUT2D eigenvalue weighted by atomic mass is 19.1. The summed E-state index contributed by atoms with van der Waals surface area (Å²) in [5.74, 6) is -2.30. The highest BCUT2D eigenvalue weighted by molar-refractivity contribution is 5.86. The molecule has 2 atom stereocenters. The van der Waals surface area contributed by atoms with Gasteiger partial charge in [0.25, 0.3) is 0 Å². The first kappa shape index (κ1) is 14.5. The number of carboxylic acids is 1. The molecule has 0 radical (unpaired) electrons. The Morgan fingerprint density at radius 2 is 2.05 bits per heavy atom. The lowest BCUT2D eigenvalue weighted by atomic mass is 9.73. The minimum absolute atomic E-state index is 0.191. The van der Waals surface area contributed by atoms with Gasteiger partial charge in [-0.25, -0.2) is 4.39 Å². The SMILES string of the molecule is Cc1cc(F)ccc1CCNC(=O)C1CCC1C(=O)O. The topological polar surface area (TPSA) is 66.4 Å². The second-order valence-corrected chi connectivity index (χ2v) is 5.24. The number of hydrogen-bond donors (Lipinski definition) is 2. The predicted octanol–water partition coefficient (Wildman–Crippen LogP) is 1.90. The highest BCUT2D eigenvalue weighted by Crippen LogP contribution is 2.34. The highest BCUT2D eigenvalue weighted by Gasteiger charge is 2.41. The molecule has 0 heterocycles. The fourth-order valence-corrected chi connectivity index (χ4v) is 2.50. The van der Waals surface area contributed by atoms with Crippen molar-refractivity contribution in [1.82, 2.24) is 5.32 Å². The molecule has 0 bridgehead atoms. The molecule has 0 saturated heterocycles. The molecule has 4 nitrogen and oxygen atoms in total. The molecule has 1 amide bonds. The zero-order valence-electron chi connectivity index (χ0n) is 11.4. The maximum atomic E-state index is 13.0. The lowest BCUT2D eigenvalue weighted by Crippen LogP contribution is -2.44. The number of benzene rings is 1. The van der Waals surface area contributed by atoms with E-state index in [0.29, 0.717) is 25.8 Å². The van der Waals surface area contributed by atoms with Crippen LogP contribution in [0.15, 0.2) is 18.2 Å². The number of carboxylic acid groups (broad SMARTS) is 1. The molecule has 2 unspecified atom stereocenters. The molecule has 1 saturated carbocycles. The maximum Gasteiger partial charge on any atom is 0.307 e. The second-order valence-electron chi connectivity index (χ2n) is 5.24. The first-order valence-electron chi connectivity index (χ1n) is 6.74. The average molecular weight is 279 g/mol. The van der Waals surface area contributed by atoms with Crippen LogP contribution in [0.3, 0.4) is 0 Å². The van der Waals surface area contributed by atoms with Gasteiger partial charge in [-0.05, 0) is 49.4 Å². The lowest BCUT2D eigenvalue weighted by Gasteiger charge is -2.31. The first-order chi connectivity index (χ1) is 9.49. The van der Waals surface area contributed by atoms with Crippen molar-refractivity contribution in [2.24, 2.45) is 11.8 Å². The van der Waals surface area contributed by atoms with E-state index in [1.807, 2.05) is 6.92 Å². The van der Waals surface area contributed by atoms with E-state index in [1.54, 1.807) is 6.07 Å².